The van der Waals surface area contributed by atoms with E-state index in [0.717, 1.165) is 43.1 Å². The van der Waals surface area contributed by atoms with Gasteiger partial charge in [-0.05, 0) is 56.7 Å². The Hall–Kier alpha value is -3.02. The summed E-state index contributed by atoms with van der Waals surface area (Å²) in [5.41, 5.74) is 3.90. The van der Waals surface area contributed by atoms with E-state index in [1.807, 2.05) is 43.3 Å². The van der Waals surface area contributed by atoms with E-state index in [-0.39, 0.29) is 0 Å². The van der Waals surface area contributed by atoms with E-state index in [1.54, 1.807) is 4.90 Å². The summed E-state index contributed by atoms with van der Waals surface area (Å²) in [7, 11) is 0. The molecule has 0 saturated carbocycles. The van der Waals surface area contributed by atoms with Gasteiger partial charge in [0.15, 0.2) is 0 Å². The van der Waals surface area contributed by atoms with Crippen molar-refractivity contribution >= 4 is 28.9 Å². The number of para-hydroxylation sites is 1. The number of benzene rings is 2. The lowest BCUT2D eigenvalue weighted by Crippen LogP contribution is -2.51. The molecule has 0 bridgehead atoms. The SMILES string of the molecule is CCN(CC)c1ccc(NC(=O)C(=O)N2CCN(c3ccccc3)CC2)c(C)c1. The first-order valence-electron chi connectivity index (χ1n) is 10.3. The number of carbonyl (C=O) groups excluding carboxylic acids is 2. The monoisotopic (exact) mass is 394 g/mol. The summed E-state index contributed by atoms with van der Waals surface area (Å²) in [6, 6.07) is 16.0. The van der Waals surface area contributed by atoms with Gasteiger partial charge in [-0.2, -0.15) is 0 Å². The lowest BCUT2D eigenvalue weighted by molar-refractivity contribution is -0.143. The molecule has 0 radical (unpaired) electrons. The second kappa shape index (κ2) is 9.45. The van der Waals surface area contributed by atoms with Gasteiger partial charge in [0.2, 0.25) is 0 Å². The molecular formula is C23H30N4O2. The number of carbonyl (C=O) groups is 2. The predicted molar refractivity (Wildman–Crippen MR) is 119 cm³/mol. The Kier molecular flexibility index (Phi) is 6.75. The first-order chi connectivity index (χ1) is 14.0. The number of rotatable bonds is 5. The van der Waals surface area contributed by atoms with E-state index in [1.165, 1.54) is 0 Å². The Balaban J connectivity index is 1.58. The van der Waals surface area contributed by atoms with Gasteiger partial charge in [0.25, 0.3) is 0 Å². The molecule has 0 aromatic heterocycles. The molecule has 3 rings (SSSR count). The lowest BCUT2D eigenvalue weighted by Gasteiger charge is -2.35. The fourth-order valence-electron chi connectivity index (χ4n) is 3.70. The highest BCUT2D eigenvalue weighted by Gasteiger charge is 2.26. The number of aryl methyl sites for hydroxylation is 1. The maximum Gasteiger partial charge on any atom is 0.313 e. The van der Waals surface area contributed by atoms with Gasteiger partial charge in [-0.25, -0.2) is 0 Å². The zero-order valence-corrected chi connectivity index (χ0v) is 17.5. The van der Waals surface area contributed by atoms with Crippen molar-refractivity contribution < 1.29 is 9.59 Å². The third-order valence-electron chi connectivity index (χ3n) is 5.47. The smallest absolute Gasteiger partial charge is 0.313 e. The van der Waals surface area contributed by atoms with Crippen LogP contribution in [0.1, 0.15) is 19.4 Å². The molecular weight excluding hydrogens is 364 g/mol. The number of piperazine rings is 1. The summed E-state index contributed by atoms with van der Waals surface area (Å²) < 4.78 is 0. The highest BCUT2D eigenvalue weighted by atomic mass is 16.2. The zero-order chi connectivity index (χ0) is 20.8. The van der Waals surface area contributed by atoms with E-state index >= 15 is 0 Å². The van der Waals surface area contributed by atoms with Crippen molar-refractivity contribution in [3.63, 3.8) is 0 Å². The van der Waals surface area contributed by atoms with Crippen molar-refractivity contribution in [2.45, 2.75) is 20.8 Å². The summed E-state index contributed by atoms with van der Waals surface area (Å²) in [6.07, 6.45) is 0. The van der Waals surface area contributed by atoms with Gasteiger partial charge in [-0.3, -0.25) is 9.59 Å². The number of anilines is 3. The Morgan fingerprint density at radius 3 is 2.21 bits per heavy atom. The van der Waals surface area contributed by atoms with Crippen molar-refractivity contribution in [3.8, 4) is 0 Å². The number of hydrogen-bond donors (Lipinski definition) is 1. The van der Waals surface area contributed by atoms with E-state index in [9.17, 15) is 9.59 Å². The number of hydrogen-bond acceptors (Lipinski definition) is 4. The molecule has 0 atom stereocenters. The van der Waals surface area contributed by atoms with Crippen molar-refractivity contribution in [3.05, 3.63) is 54.1 Å². The maximum absolute atomic E-state index is 12.6. The highest BCUT2D eigenvalue weighted by Crippen LogP contribution is 2.23. The van der Waals surface area contributed by atoms with E-state index in [4.69, 9.17) is 0 Å². The van der Waals surface area contributed by atoms with Crippen molar-refractivity contribution in [1.29, 1.82) is 0 Å². The number of nitrogens with zero attached hydrogens (tertiary/aromatic N) is 3. The maximum atomic E-state index is 12.6. The van der Waals surface area contributed by atoms with Crippen LogP contribution < -0.4 is 15.1 Å². The third kappa shape index (κ3) is 4.88. The van der Waals surface area contributed by atoms with Crippen LogP contribution in [0.5, 0.6) is 0 Å². The largest absolute Gasteiger partial charge is 0.372 e. The molecule has 6 nitrogen and oxygen atoms in total. The summed E-state index contributed by atoms with van der Waals surface area (Å²) in [4.78, 5) is 31.2. The Morgan fingerprint density at radius 1 is 0.966 bits per heavy atom. The average molecular weight is 395 g/mol. The minimum Gasteiger partial charge on any atom is -0.372 e. The van der Waals surface area contributed by atoms with E-state index in [0.29, 0.717) is 18.8 Å². The van der Waals surface area contributed by atoms with Crippen LogP contribution in [-0.2, 0) is 9.59 Å². The van der Waals surface area contributed by atoms with Crippen LogP contribution in [0, 0.1) is 6.92 Å². The van der Waals surface area contributed by atoms with Gasteiger partial charge in [0.05, 0.1) is 0 Å². The fourth-order valence-corrected chi connectivity index (χ4v) is 3.70. The van der Waals surface area contributed by atoms with Gasteiger partial charge >= 0.3 is 11.8 Å². The van der Waals surface area contributed by atoms with Gasteiger partial charge in [0.1, 0.15) is 0 Å². The molecule has 2 aromatic carbocycles. The summed E-state index contributed by atoms with van der Waals surface area (Å²) in [5.74, 6) is -1.04. The van der Waals surface area contributed by atoms with Crippen LogP contribution in [0.25, 0.3) is 0 Å². The molecule has 6 heteroatoms. The quantitative estimate of drug-likeness (QED) is 0.792. The van der Waals surface area contributed by atoms with Gasteiger partial charge in [0, 0.05) is 56.3 Å². The van der Waals surface area contributed by atoms with Gasteiger partial charge in [-0.15, -0.1) is 0 Å². The lowest BCUT2D eigenvalue weighted by atomic mass is 10.1. The van der Waals surface area contributed by atoms with Crippen molar-refractivity contribution in [2.24, 2.45) is 0 Å². The predicted octanol–water partition coefficient (Wildman–Crippen LogP) is 3.13. The molecule has 1 aliphatic heterocycles. The van der Waals surface area contributed by atoms with Gasteiger partial charge < -0.3 is 20.0 Å². The van der Waals surface area contributed by atoms with E-state index in [2.05, 4.69) is 41.1 Å². The second-order valence-electron chi connectivity index (χ2n) is 7.24. The molecule has 1 saturated heterocycles. The van der Waals surface area contributed by atoms with E-state index < -0.39 is 11.8 Å². The Labute approximate surface area is 173 Å². The minimum absolute atomic E-state index is 0.468. The molecule has 2 amide bonds. The standard InChI is InChI=1S/C23H30N4O2/c1-4-25(5-2)20-11-12-21(18(3)17-20)24-22(28)23(29)27-15-13-26(14-16-27)19-9-7-6-8-10-19/h6-12,17H,4-5,13-16H2,1-3H3,(H,24,28). The average Bonchev–Trinajstić information content (AvgIpc) is 2.76. The molecule has 1 aliphatic rings. The summed E-state index contributed by atoms with van der Waals surface area (Å²) in [6.45, 7) is 10.6. The van der Waals surface area contributed by atoms with Crippen LogP contribution in [-0.4, -0.2) is 56.0 Å². The molecule has 29 heavy (non-hydrogen) atoms. The topological polar surface area (TPSA) is 55.9 Å². The normalized spacial score (nSPS) is 13.9. The number of nitrogens with one attached hydrogen (secondary N) is 1. The molecule has 2 aromatic rings. The van der Waals surface area contributed by atoms with Crippen molar-refractivity contribution in [2.75, 3.05) is 54.4 Å². The van der Waals surface area contributed by atoms with Crippen LogP contribution >= 0.6 is 0 Å². The van der Waals surface area contributed by atoms with Crippen molar-refractivity contribution in [1.82, 2.24) is 4.90 Å². The minimum atomic E-state index is -0.572. The Bertz CT molecular complexity index is 841. The third-order valence-corrected chi connectivity index (χ3v) is 5.47. The fraction of sp³-hybridized carbons (Fsp3) is 0.391. The van der Waals surface area contributed by atoms with Gasteiger partial charge in [-0.1, -0.05) is 18.2 Å². The molecule has 1 N–H and O–H groups in total. The van der Waals surface area contributed by atoms with Crippen LogP contribution in [0.4, 0.5) is 17.1 Å². The highest BCUT2D eigenvalue weighted by molar-refractivity contribution is 6.39. The van der Waals surface area contributed by atoms with Crippen LogP contribution in [0.3, 0.4) is 0 Å². The second-order valence-corrected chi connectivity index (χ2v) is 7.24. The Morgan fingerprint density at radius 2 is 1.62 bits per heavy atom. The summed E-state index contributed by atoms with van der Waals surface area (Å²) >= 11 is 0. The zero-order valence-electron chi connectivity index (χ0n) is 17.5. The van der Waals surface area contributed by atoms with Crippen LogP contribution in [0.2, 0.25) is 0 Å². The molecule has 1 fully saturated rings. The first-order valence-corrected chi connectivity index (χ1v) is 10.3. The number of amides is 2. The summed E-state index contributed by atoms with van der Waals surface area (Å²) in [5, 5.41) is 2.79. The first kappa shape index (κ1) is 20.7. The molecule has 1 heterocycles. The molecule has 154 valence electrons. The molecule has 0 aliphatic carbocycles. The molecule has 0 spiro atoms. The molecule has 0 unspecified atom stereocenters. The van der Waals surface area contributed by atoms with Crippen LogP contribution in [0.15, 0.2) is 48.5 Å².